The lowest BCUT2D eigenvalue weighted by Gasteiger charge is -2.34. The lowest BCUT2D eigenvalue weighted by Crippen LogP contribution is -2.59. The average molecular weight is 648 g/mol. The highest BCUT2D eigenvalue weighted by Gasteiger charge is 2.42. The molecule has 7 amide bonds. The van der Waals surface area contributed by atoms with Gasteiger partial charge in [0.2, 0.25) is 35.4 Å². The lowest BCUT2D eigenvalue weighted by molar-refractivity contribution is -0.175. The van der Waals surface area contributed by atoms with Gasteiger partial charge < -0.3 is 35.6 Å². The summed E-state index contributed by atoms with van der Waals surface area (Å²) < 4.78 is 38.1. The van der Waals surface area contributed by atoms with Crippen LogP contribution in [0.1, 0.15) is 52.9 Å². The van der Waals surface area contributed by atoms with Crippen molar-refractivity contribution in [3.63, 3.8) is 0 Å². The Bertz CT molecular complexity index is 1120. The van der Waals surface area contributed by atoms with Crippen LogP contribution in [0.15, 0.2) is 0 Å². The Kier molecular flexibility index (Phi) is 13.6. The van der Waals surface area contributed by atoms with Gasteiger partial charge in [-0.3, -0.25) is 33.6 Å². The molecule has 2 heterocycles. The second kappa shape index (κ2) is 16.4. The molecule has 254 valence electrons. The maximum Gasteiger partial charge on any atom is 0.471 e. The molecule has 14 nitrogen and oxygen atoms in total. The van der Waals surface area contributed by atoms with Crippen LogP contribution >= 0.6 is 0 Å². The molecule has 0 aliphatic carbocycles. The number of alkyl halides is 3. The summed E-state index contributed by atoms with van der Waals surface area (Å²) in [4.78, 5) is 93.9. The van der Waals surface area contributed by atoms with E-state index in [0.717, 1.165) is 42.4 Å². The Balaban J connectivity index is 2.10. The minimum absolute atomic E-state index is 0.214. The Hall–Kier alpha value is -3.92. The molecule has 0 aromatic heterocycles. The SMILES string of the molecule is CC(NC(=O)C(F)(F)F)C(=O)N(C)C(C(=O)N[C@@H](CC(=O)N(C)CC(=O)NCC(=O)N1CCCC1)C(=O)N1CCCC1)C(C)C. The van der Waals surface area contributed by atoms with Gasteiger partial charge in [-0.25, -0.2) is 0 Å². The van der Waals surface area contributed by atoms with Gasteiger partial charge in [-0.1, -0.05) is 13.8 Å². The molecule has 2 saturated heterocycles. The highest BCUT2D eigenvalue weighted by molar-refractivity contribution is 5.96. The van der Waals surface area contributed by atoms with Crippen molar-refractivity contribution in [1.29, 1.82) is 0 Å². The fraction of sp³-hybridized carbons (Fsp3) is 0.750. The zero-order valence-electron chi connectivity index (χ0n) is 26.4. The number of likely N-dealkylation sites (N-methyl/N-ethyl adjacent to an activating group) is 2. The molecule has 2 unspecified atom stereocenters. The van der Waals surface area contributed by atoms with Crippen molar-refractivity contribution >= 4 is 41.4 Å². The van der Waals surface area contributed by atoms with Gasteiger partial charge in [0.1, 0.15) is 18.1 Å². The van der Waals surface area contributed by atoms with E-state index in [0.29, 0.717) is 26.2 Å². The zero-order valence-corrected chi connectivity index (χ0v) is 26.4. The Morgan fingerprint density at radius 3 is 1.87 bits per heavy atom. The Morgan fingerprint density at radius 1 is 0.822 bits per heavy atom. The summed E-state index contributed by atoms with van der Waals surface area (Å²) in [6.07, 6.45) is -2.48. The first kappa shape index (κ1) is 37.3. The van der Waals surface area contributed by atoms with E-state index < -0.39 is 78.6 Å². The first-order valence-electron chi connectivity index (χ1n) is 15.0. The lowest BCUT2D eigenvalue weighted by atomic mass is 10.00. The van der Waals surface area contributed by atoms with Gasteiger partial charge in [-0.15, -0.1) is 0 Å². The van der Waals surface area contributed by atoms with Crippen LogP contribution in [0.2, 0.25) is 0 Å². The maximum absolute atomic E-state index is 13.5. The molecular weight excluding hydrogens is 603 g/mol. The van der Waals surface area contributed by atoms with E-state index >= 15 is 0 Å². The summed E-state index contributed by atoms with van der Waals surface area (Å²) in [6.45, 7) is 5.65. The van der Waals surface area contributed by atoms with Crippen molar-refractivity contribution in [2.75, 3.05) is 53.4 Å². The molecule has 0 radical (unpaired) electrons. The van der Waals surface area contributed by atoms with Crippen molar-refractivity contribution < 1.29 is 46.7 Å². The van der Waals surface area contributed by atoms with Gasteiger partial charge in [0, 0.05) is 40.3 Å². The summed E-state index contributed by atoms with van der Waals surface area (Å²) in [5.74, 6) is -6.71. The standard InChI is InChI=1S/C28H44F3N7O7/c1-17(2)23(36(5)25(43)18(3)33-27(45)28(29,30)31)24(42)34-19(26(44)38-12-8-9-13-38)14-21(40)35(4)16-20(39)32-15-22(41)37-10-6-7-11-37/h17-19,23H,6-16H2,1-5H3,(H,32,39)(H,33,45)(H,34,42)/t18?,19-,23?/m0/s1. The van der Waals surface area contributed by atoms with Crippen molar-refractivity contribution in [2.24, 2.45) is 5.92 Å². The molecule has 0 saturated carbocycles. The maximum atomic E-state index is 13.5. The first-order valence-corrected chi connectivity index (χ1v) is 15.0. The highest BCUT2D eigenvalue weighted by Crippen LogP contribution is 2.17. The normalized spacial score (nSPS) is 16.9. The molecule has 2 aliphatic heterocycles. The largest absolute Gasteiger partial charge is 0.471 e. The van der Waals surface area contributed by atoms with Crippen molar-refractivity contribution in [3.8, 4) is 0 Å². The van der Waals surface area contributed by atoms with E-state index in [9.17, 15) is 46.7 Å². The van der Waals surface area contributed by atoms with Gasteiger partial charge in [0.05, 0.1) is 19.5 Å². The number of nitrogens with one attached hydrogen (secondary N) is 3. The Morgan fingerprint density at radius 2 is 1.36 bits per heavy atom. The highest BCUT2D eigenvalue weighted by atomic mass is 19.4. The molecular formula is C28H44F3N7O7. The van der Waals surface area contributed by atoms with Crippen LogP contribution in [-0.2, 0) is 33.6 Å². The smallest absolute Gasteiger partial charge is 0.345 e. The van der Waals surface area contributed by atoms with Gasteiger partial charge in [0.15, 0.2) is 0 Å². The number of nitrogens with zero attached hydrogens (tertiary/aromatic N) is 4. The fourth-order valence-corrected chi connectivity index (χ4v) is 5.27. The number of amides is 7. The molecule has 0 spiro atoms. The second-order valence-corrected chi connectivity index (χ2v) is 11.7. The number of carbonyl (C=O) groups excluding carboxylic acids is 7. The van der Waals surface area contributed by atoms with Gasteiger partial charge in [0.25, 0.3) is 0 Å². The minimum Gasteiger partial charge on any atom is -0.345 e. The predicted molar refractivity (Wildman–Crippen MR) is 154 cm³/mol. The van der Waals surface area contributed by atoms with Crippen molar-refractivity contribution in [1.82, 2.24) is 35.6 Å². The number of hydrogen-bond acceptors (Lipinski definition) is 7. The quantitative estimate of drug-likeness (QED) is 0.236. The average Bonchev–Trinajstić information content (AvgIpc) is 3.69. The fourth-order valence-electron chi connectivity index (χ4n) is 5.27. The third kappa shape index (κ3) is 10.9. The van der Waals surface area contributed by atoms with Crippen LogP contribution in [0.5, 0.6) is 0 Å². The van der Waals surface area contributed by atoms with Crippen molar-refractivity contribution in [3.05, 3.63) is 0 Å². The summed E-state index contributed by atoms with van der Waals surface area (Å²) in [5.41, 5.74) is 0. The second-order valence-electron chi connectivity index (χ2n) is 11.7. The van der Waals surface area contributed by atoms with E-state index in [2.05, 4.69) is 10.6 Å². The van der Waals surface area contributed by atoms with E-state index in [4.69, 9.17) is 0 Å². The molecule has 17 heteroatoms. The molecule has 3 atom stereocenters. The summed E-state index contributed by atoms with van der Waals surface area (Å²) in [6, 6.07) is -4.26. The van der Waals surface area contributed by atoms with Gasteiger partial charge in [-0.2, -0.15) is 13.2 Å². The third-order valence-corrected chi connectivity index (χ3v) is 7.75. The Labute approximate surface area is 260 Å². The van der Waals surface area contributed by atoms with Gasteiger partial charge >= 0.3 is 12.1 Å². The number of hydrogen-bond donors (Lipinski definition) is 3. The van der Waals surface area contributed by atoms with Gasteiger partial charge in [-0.05, 0) is 38.5 Å². The zero-order chi connectivity index (χ0) is 34.1. The monoisotopic (exact) mass is 647 g/mol. The number of carbonyl (C=O) groups is 7. The summed E-state index contributed by atoms with van der Waals surface area (Å²) in [7, 11) is 2.52. The van der Waals surface area contributed by atoms with Crippen molar-refractivity contribution in [2.45, 2.75) is 77.2 Å². The molecule has 0 aromatic carbocycles. The molecule has 2 rings (SSSR count). The summed E-state index contributed by atoms with van der Waals surface area (Å²) >= 11 is 0. The number of halogens is 3. The molecule has 45 heavy (non-hydrogen) atoms. The van der Waals surface area contributed by atoms with E-state index in [1.165, 1.54) is 19.0 Å². The number of rotatable bonds is 13. The topological polar surface area (TPSA) is 169 Å². The van der Waals surface area contributed by atoms with Crippen LogP contribution < -0.4 is 16.0 Å². The summed E-state index contributed by atoms with van der Waals surface area (Å²) in [5, 5.41) is 6.58. The molecule has 0 aromatic rings. The minimum atomic E-state index is -5.21. The molecule has 2 aliphatic rings. The van der Waals surface area contributed by atoms with Crippen LogP contribution in [-0.4, -0.2) is 139 Å². The van der Waals surface area contributed by atoms with Crippen LogP contribution in [0.3, 0.4) is 0 Å². The van der Waals surface area contributed by atoms with E-state index in [1.807, 2.05) is 0 Å². The van der Waals surface area contributed by atoms with Crippen LogP contribution in [0.4, 0.5) is 13.2 Å². The number of likely N-dealkylation sites (tertiary alicyclic amines) is 2. The molecule has 2 fully saturated rings. The molecule has 3 N–H and O–H groups in total. The van der Waals surface area contributed by atoms with Crippen LogP contribution in [0, 0.1) is 5.92 Å². The van der Waals surface area contributed by atoms with E-state index in [1.54, 1.807) is 24.1 Å². The van der Waals surface area contributed by atoms with E-state index in [-0.39, 0.29) is 12.5 Å². The predicted octanol–water partition coefficient (Wildman–Crippen LogP) is -0.769. The van der Waals surface area contributed by atoms with Crippen LogP contribution in [0.25, 0.3) is 0 Å². The third-order valence-electron chi connectivity index (χ3n) is 7.75. The molecule has 0 bridgehead atoms. The first-order chi connectivity index (χ1) is 20.9.